The first kappa shape index (κ1) is 18.8. The quantitative estimate of drug-likeness (QED) is 0.824. The molecule has 28 heavy (non-hydrogen) atoms. The zero-order valence-electron chi connectivity index (χ0n) is 16.4. The summed E-state index contributed by atoms with van der Waals surface area (Å²) in [6, 6.07) is 18.8. The van der Waals surface area contributed by atoms with Gasteiger partial charge in [-0.25, -0.2) is 4.79 Å². The van der Waals surface area contributed by atoms with Crippen molar-refractivity contribution in [2.45, 2.75) is 38.3 Å². The van der Waals surface area contributed by atoms with Crippen LogP contribution in [-0.2, 0) is 6.54 Å². The van der Waals surface area contributed by atoms with Crippen LogP contribution in [0.1, 0.15) is 31.2 Å². The van der Waals surface area contributed by atoms with E-state index >= 15 is 0 Å². The van der Waals surface area contributed by atoms with Gasteiger partial charge in [-0.05, 0) is 49.4 Å². The second-order valence-corrected chi connectivity index (χ2v) is 7.90. The molecule has 1 atom stereocenters. The van der Waals surface area contributed by atoms with Crippen LogP contribution in [0.4, 0.5) is 16.2 Å². The minimum Gasteiger partial charge on any atom is -0.371 e. The Kier molecular flexibility index (Phi) is 6.12. The fourth-order valence-electron chi connectivity index (χ4n) is 4.22. The van der Waals surface area contributed by atoms with Crippen molar-refractivity contribution in [2.24, 2.45) is 0 Å². The van der Waals surface area contributed by atoms with E-state index in [1.54, 1.807) is 0 Å². The summed E-state index contributed by atoms with van der Waals surface area (Å²) in [6.07, 6.45) is 4.81. The Morgan fingerprint density at radius 1 is 0.964 bits per heavy atom. The Labute approximate surface area is 167 Å². The maximum atomic E-state index is 12.5. The lowest BCUT2D eigenvalue weighted by Crippen LogP contribution is -2.39. The van der Waals surface area contributed by atoms with E-state index < -0.39 is 0 Å². The SMILES string of the molecule is O=C(Nc1cccc(N2CCCCC2)c1)NC1CCN(Cc2ccccc2)C1. The fourth-order valence-corrected chi connectivity index (χ4v) is 4.22. The topological polar surface area (TPSA) is 47.6 Å². The van der Waals surface area contributed by atoms with Gasteiger partial charge in [-0.3, -0.25) is 4.90 Å². The van der Waals surface area contributed by atoms with Gasteiger partial charge in [0.25, 0.3) is 0 Å². The fraction of sp³-hybridized carbons (Fsp3) is 0.435. The lowest BCUT2D eigenvalue weighted by molar-refractivity contribution is 0.247. The normalized spacial score (nSPS) is 20.1. The molecule has 2 aromatic rings. The van der Waals surface area contributed by atoms with Crippen molar-refractivity contribution in [2.75, 3.05) is 36.4 Å². The molecule has 2 heterocycles. The van der Waals surface area contributed by atoms with Crippen LogP contribution in [0.5, 0.6) is 0 Å². The largest absolute Gasteiger partial charge is 0.371 e. The maximum Gasteiger partial charge on any atom is 0.319 e. The summed E-state index contributed by atoms with van der Waals surface area (Å²) < 4.78 is 0. The summed E-state index contributed by atoms with van der Waals surface area (Å²) in [5, 5.41) is 6.15. The van der Waals surface area contributed by atoms with E-state index in [9.17, 15) is 4.79 Å². The number of nitrogens with zero attached hydrogens (tertiary/aromatic N) is 2. The van der Waals surface area contributed by atoms with Crippen molar-refractivity contribution in [1.29, 1.82) is 0 Å². The Bertz CT molecular complexity index is 773. The molecular formula is C23H30N4O. The predicted octanol–water partition coefficient (Wildman–Crippen LogP) is 4.07. The molecule has 148 valence electrons. The van der Waals surface area contributed by atoms with Gasteiger partial charge < -0.3 is 15.5 Å². The van der Waals surface area contributed by atoms with Crippen LogP contribution in [0.25, 0.3) is 0 Å². The van der Waals surface area contributed by atoms with Crippen molar-refractivity contribution < 1.29 is 4.79 Å². The van der Waals surface area contributed by atoms with Crippen LogP contribution >= 0.6 is 0 Å². The van der Waals surface area contributed by atoms with Gasteiger partial charge in [-0.2, -0.15) is 0 Å². The summed E-state index contributed by atoms with van der Waals surface area (Å²) in [4.78, 5) is 17.3. The maximum absolute atomic E-state index is 12.5. The summed E-state index contributed by atoms with van der Waals surface area (Å²) in [5.74, 6) is 0. The molecule has 0 aromatic heterocycles. The van der Waals surface area contributed by atoms with Crippen LogP contribution in [-0.4, -0.2) is 43.2 Å². The summed E-state index contributed by atoms with van der Waals surface area (Å²) in [5.41, 5.74) is 3.38. The highest BCUT2D eigenvalue weighted by atomic mass is 16.2. The average molecular weight is 379 g/mol. The van der Waals surface area contributed by atoms with E-state index in [0.717, 1.165) is 44.8 Å². The molecule has 2 fully saturated rings. The predicted molar refractivity (Wildman–Crippen MR) is 115 cm³/mol. The van der Waals surface area contributed by atoms with E-state index in [4.69, 9.17) is 0 Å². The number of urea groups is 1. The van der Waals surface area contributed by atoms with E-state index in [1.807, 2.05) is 18.2 Å². The van der Waals surface area contributed by atoms with Crippen LogP contribution in [0.2, 0.25) is 0 Å². The zero-order valence-corrected chi connectivity index (χ0v) is 16.4. The van der Waals surface area contributed by atoms with E-state index in [1.165, 1.54) is 30.5 Å². The molecule has 4 rings (SSSR count). The number of carbonyl (C=O) groups is 1. The van der Waals surface area contributed by atoms with Crippen molar-refractivity contribution >= 4 is 17.4 Å². The lowest BCUT2D eigenvalue weighted by Gasteiger charge is -2.29. The molecule has 2 aliphatic rings. The third kappa shape index (κ3) is 5.04. The monoisotopic (exact) mass is 378 g/mol. The van der Waals surface area contributed by atoms with Crippen LogP contribution in [0.15, 0.2) is 54.6 Å². The number of rotatable bonds is 5. The molecular weight excluding hydrogens is 348 g/mol. The number of carbonyl (C=O) groups excluding carboxylic acids is 1. The second-order valence-electron chi connectivity index (χ2n) is 7.90. The summed E-state index contributed by atoms with van der Waals surface area (Å²) >= 11 is 0. The van der Waals surface area contributed by atoms with Gasteiger partial charge in [0.2, 0.25) is 0 Å². The molecule has 2 saturated heterocycles. The van der Waals surface area contributed by atoms with Gasteiger partial charge in [-0.1, -0.05) is 36.4 Å². The molecule has 2 aliphatic heterocycles. The molecule has 0 bridgehead atoms. The van der Waals surface area contributed by atoms with Crippen molar-refractivity contribution in [3.8, 4) is 0 Å². The van der Waals surface area contributed by atoms with Crippen LogP contribution in [0.3, 0.4) is 0 Å². The smallest absolute Gasteiger partial charge is 0.319 e. The summed E-state index contributed by atoms with van der Waals surface area (Å²) in [7, 11) is 0. The molecule has 5 nitrogen and oxygen atoms in total. The van der Waals surface area contributed by atoms with E-state index in [0.29, 0.717) is 0 Å². The van der Waals surface area contributed by atoms with Crippen LogP contribution < -0.4 is 15.5 Å². The van der Waals surface area contributed by atoms with Gasteiger partial charge >= 0.3 is 6.03 Å². The number of nitrogens with one attached hydrogen (secondary N) is 2. The average Bonchev–Trinajstić information content (AvgIpc) is 3.16. The Morgan fingerprint density at radius 2 is 1.79 bits per heavy atom. The highest BCUT2D eigenvalue weighted by Crippen LogP contribution is 2.23. The first-order chi connectivity index (χ1) is 13.8. The van der Waals surface area contributed by atoms with Gasteiger partial charge in [0, 0.05) is 50.1 Å². The van der Waals surface area contributed by atoms with Crippen molar-refractivity contribution in [3.05, 3.63) is 60.2 Å². The standard InChI is InChI=1S/C23H30N4O/c28-23(24-20-10-7-11-22(16-20)27-13-5-2-6-14-27)25-21-12-15-26(18-21)17-19-8-3-1-4-9-19/h1,3-4,7-11,16,21H,2,5-6,12-15,17-18H2,(H2,24,25,28). The number of amides is 2. The molecule has 1 unspecified atom stereocenters. The molecule has 0 radical (unpaired) electrons. The number of likely N-dealkylation sites (tertiary alicyclic amines) is 1. The first-order valence-corrected chi connectivity index (χ1v) is 10.4. The number of anilines is 2. The Hall–Kier alpha value is -2.53. The summed E-state index contributed by atoms with van der Waals surface area (Å²) in [6.45, 7) is 5.07. The van der Waals surface area contributed by atoms with Gasteiger partial charge in [0.1, 0.15) is 0 Å². The highest BCUT2D eigenvalue weighted by Gasteiger charge is 2.24. The molecule has 2 amide bonds. The number of hydrogen-bond donors (Lipinski definition) is 2. The van der Waals surface area contributed by atoms with Gasteiger partial charge in [0.05, 0.1) is 0 Å². The molecule has 0 spiro atoms. The molecule has 0 aliphatic carbocycles. The Morgan fingerprint density at radius 3 is 2.61 bits per heavy atom. The molecule has 0 saturated carbocycles. The molecule has 2 N–H and O–H groups in total. The van der Waals surface area contributed by atoms with E-state index in [-0.39, 0.29) is 12.1 Å². The van der Waals surface area contributed by atoms with Crippen LogP contribution in [0, 0.1) is 0 Å². The lowest BCUT2D eigenvalue weighted by atomic mass is 10.1. The molecule has 5 heteroatoms. The number of benzene rings is 2. The molecule has 2 aromatic carbocycles. The Balaban J connectivity index is 1.26. The number of piperidine rings is 1. The minimum absolute atomic E-state index is 0.109. The third-order valence-electron chi connectivity index (χ3n) is 5.68. The minimum atomic E-state index is -0.109. The van der Waals surface area contributed by atoms with Crippen molar-refractivity contribution in [3.63, 3.8) is 0 Å². The van der Waals surface area contributed by atoms with Gasteiger partial charge in [0.15, 0.2) is 0 Å². The zero-order chi connectivity index (χ0) is 19.2. The second kappa shape index (κ2) is 9.11. The number of hydrogen-bond acceptors (Lipinski definition) is 3. The van der Waals surface area contributed by atoms with E-state index in [2.05, 4.69) is 56.8 Å². The van der Waals surface area contributed by atoms with Crippen molar-refractivity contribution in [1.82, 2.24) is 10.2 Å². The highest BCUT2D eigenvalue weighted by molar-refractivity contribution is 5.90. The third-order valence-corrected chi connectivity index (χ3v) is 5.68. The first-order valence-electron chi connectivity index (χ1n) is 10.4. The van der Waals surface area contributed by atoms with Gasteiger partial charge in [-0.15, -0.1) is 0 Å².